The Labute approximate surface area is 220 Å². The number of nitrogens with zero attached hydrogens (tertiary/aromatic N) is 1. The zero-order valence-electron chi connectivity index (χ0n) is 20.8. The molecule has 1 N–H and O–H groups in total. The van der Waals surface area contributed by atoms with E-state index in [2.05, 4.69) is 5.32 Å². The van der Waals surface area contributed by atoms with Gasteiger partial charge in [0.1, 0.15) is 0 Å². The Morgan fingerprint density at radius 3 is 2.41 bits per heavy atom. The third kappa shape index (κ3) is 6.78. The van der Waals surface area contributed by atoms with E-state index in [-0.39, 0.29) is 23.8 Å². The molecule has 2 aliphatic rings. The second kappa shape index (κ2) is 11.8. The minimum Gasteiger partial charge on any atom is -0.465 e. The van der Waals surface area contributed by atoms with Crippen molar-refractivity contribution in [2.45, 2.75) is 57.2 Å². The van der Waals surface area contributed by atoms with Crippen LogP contribution >= 0.6 is 11.6 Å². The van der Waals surface area contributed by atoms with Crippen LogP contribution in [0.15, 0.2) is 42.5 Å². The van der Waals surface area contributed by atoms with Crippen LogP contribution in [0.3, 0.4) is 0 Å². The van der Waals surface area contributed by atoms with E-state index in [0.29, 0.717) is 48.9 Å². The Balaban J connectivity index is 1.29. The van der Waals surface area contributed by atoms with E-state index >= 15 is 0 Å². The summed E-state index contributed by atoms with van der Waals surface area (Å²) in [6, 6.07) is 10.5. The molecule has 0 bridgehead atoms. The highest BCUT2D eigenvalue weighted by atomic mass is 35.5. The van der Waals surface area contributed by atoms with Crippen LogP contribution in [-0.2, 0) is 22.1 Å². The predicted molar refractivity (Wildman–Crippen MR) is 137 cm³/mol. The lowest BCUT2D eigenvalue weighted by atomic mass is 9.91. The fraction of sp³-hybridized carbons (Fsp3) is 0.500. The molecule has 0 spiro atoms. The van der Waals surface area contributed by atoms with Gasteiger partial charge in [-0.05, 0) is 92.5 Å². The van der Waals surface area contributed by atoms with E-state index in [1.54, 1.807) is 18.2 Å². The maximum atomic E-state index is 13.1. The predicted octanol–water partition coefficient (Wildman–Crippen LogP) is 6.28. The number of ether oxygens (including phenoxy) is 1. The zero-order valence-corrected chi connectivity index (χ0v) is 21.6. The van der Waals surface area contributed by atoms with Crippen LogP contribution in [0, 0.1) is 11.8 Å². The van der Waals surface area contributed by atoms with Crippen molar-refractivity contribution in [3.05, 3.63) is 64.2 Å². The molecule has 2 fully saturated rings. The van der Waals surface area contributed by atoms with Crippen LogP contribution in [0.1, 0.15) is 60.0 Å². The van der Waals surface area contributed by atoms with Gasteiger partial charge in [0, 0.05) is 35.8 Å². The number of carbonyl (C=O) groups is 2. The molecule has 2 unspecified atom stereocenters. The smallest absolute Gasteiger partial charge is 0.416 e. The highest BCUT2D eigenvalue weighted by Gasteiger charge is 2.33. The molecule has 0 radical (unpaired) electrons. The summed E-state index contributed by atoms with van der Waals surface area (Å²) in [5, 5.41) is 3.84. The molecule has 2 atom stereocenters. The Morgan fingerprint density at radius 2 is 1.76 bits per heavy atom. The van der Waals surface area contributed by atoms with Gasteiger partial charge < -0.3 is 15.0 Å². The summed E-state index contributed by atoms with van der Waals surface area (Å²) in [7, 11) is 1.36. The number of anilines is 1. The van der Waals surface area contributed by atoms with E-state index in [0.717, 1.165) is 49.1 Å². The van der Waals surface area contributed by atoms with Crippen molar-refractivity contribution in [1.82, 2.24) is 5.32 Å². The highest BCUT2D eigenvalue weighted by molar-refractivity contribution is 6.30. The van der Waals surface area contributed by atoms with Gasteiger partial charge in [-0.15, -0.1) is 0 Å². The number of nitrogens with one attached hydrogen (secondary N) is 1. The summed E-state index contributed by atoms with van der Waals surface area (Å²) in [4.78, 5) is 27.2. The molecule has 2 aromatic rings. The van der Waals surface area contributed by atoms with Crippen LogP contribution in [0.5, 0.6) is 0 Å². The number of carbonyl (C=O) groups excluding carboxylic acids is 2. The van der Waals surface area contributed by atoms with Crippen molar-refractivity contribution < 1.29 is 27.5 Å². The third-order valence-corrected chi connectivity index (χ3v) is 7.90. The second-order valence-electron chi connectivity index (χ2n) is 9.94. The van der Waals surface area contributed by atoms with Gasteiger partial charge in [0.25, 0.3) is 0 Å². The molecule has 1 amide bonds. The maximum Gasteiger partial charge on any atom is 0.416 e. The number of esters is 1. The van der Waals surface area contributed by atoms with Gasteiger partial charge in [-0.3, -0.25) is 4.79 Å². The van der Waals surface area contributed by atoms with Gasteiger partial charge in [-0.25, -0.2) is 4.79 Å². The second-order valence-corrected chi connectivity index (χ2v) is 10.4. The topological polar surface area (TPSA) is 58.6 Å². The normalized spacial score (nSPS) is 20.6. The van der Waals surface area contributed by atoms with E-state index < -0.39 is 11.7 Å². The molecular weight excluding hydrogens is 505 g/mol. The number of aryl methyl sites for hydroxylation is 1. The molecular formula is C28H32ClF3N2O3. The molecule has 200 valence electrons. The Morgan fingerprint density at radius 1 is 1.05 bits per heavy atom. The van der Waals surface area contributed by atoms with Crippen LogP contribution in [0.4, 0.5) is 18.9 Å². The van der Waals surface area contributed by atoms with E-state index in [1.807, 2.05) is 4.90 Å². The SMILES string of the molecule is COC(=O)c1ccc(Cl)cc1CCC1CCCC1NC(=O)C1CCN(c2ccc(C(F)(F)F)cc2)CC1. The minimum atomic E-state index is -4.35. The Hall–Kier alpha value is -2.74. The first-order valence-corrected chi connectivity index (χ1v) is 13.1. The van der Waals surface area contributed by atoms with Crippen molar-refractivity contribution in [3.63, 3.8) is 0 Å². The van der Waals surface area contributed by atoms with E-state index in [4.69, 9.17) is 16.3 Å². The molecule has 5 nitrogen and oxygen atoms in total. The monoisotopic (exact) mass is 536 g/mol. The van der Waals surface area contributed by atoms with Gasteiger partial charge >= 0.3 is 12.1 Å². The number of methoxy groups -OCH3 is 1. The van der Waals surface area contributed by atoms with Crippen molar-refractivity contribution in [2.24, 2.45) is 11.8 Å². The molecule has 1 aliphatic carbocycles. The maximum absolute atomic E-state index is 13.1. The van der Waals surface area contributed by atoms with Crippen molar-refractivity contribution in [1.29, 1.82) is 0 Å². The lowest BCUT2D eigenvalue weighted by Gasteiger charge is -2.34. The van der Waals surface area contributed by atoms with Crippen molar-refractivity contribution >= 4 is 29.2 Å². The average molecular weight is 537 g/mol. The third-order valence-electron chi connectivity index (χ3n) is 7.67. The molecule has 37 heavy (non-hydrogen) atoms. The molecule has 9 heteroatoms. The first kappa shape index (κ1) is 27.3. The van der Waals surface area contributed by atoms with Gasteiger partial charge in [0.15, 0.2) is 0 Å². The summed E-state index contributed by atoms with van der Waals surface area (Å²) in [6.45, 7) is 1.26. The highest BCUT2D eigenvalue weighted by Crippen LogP contribution is 2.33. The number of hydrogen-bond acceptors (Lipinski definition) is 4. The fourth-order valence-corrected chi connectivity index (χ4v) is 5.75. The van der Waals surface area contributed by atoms with E-state index in [1.165, 1.54) is 19.2 Å². The number of amides is 1. The van der Waals surface area contributed by atoms with Crippen molar-refractivity contribution in [2.75, 3.05) is 25.1 Å². The van der Waals surface area contributed by atoms with E-state index in [9.17, 15) is 22.8 Å². The lowest BCUT2D eigenvalue weighted by Crippen LogP contribution is -2.45. The standard InChI is InChI=1S/C28H32ClF3N2O3/c1-37-27(36)24-12-9-22(29)17-20(24)6-5-18-3-2-4-25(18)33-26(35)19-13-15-34(16-14-19)23-10-7-21(8-11-23)28(30,31)32/h7-12,17-19,25H,2-6,13-16H2,1H3,(H,33,35). The molecule has 1 aliphatic heterocycles. The number of hydrogen-bond donors (Lipinski definition) is 1. The molecule has 1 saturated carbocycles. The summed E-state index contributed by atoms with van der Waals surface area (Å²) >= 11 is 6.16. The molecule has 2 aromatic carbocycles. The van der Waals surface area contributed by atoms with Gasteiger partial charge in [0.05, 0.1) is 18.2 Å². The first-order valence-electron chi connectivity index (χ1n) is 12.7. The largest absolute Gasteiger partial charge is 0.465 e. The number of benzene rings is 2. The number of rotatable bonds is 7. The average Bonchev–Trinajstić information content (AvgIpc) is 3.33. The van der Waals surface area contributed by atoms with Crippen molar-refractivity contribution in [3.8, 4) is 0 Å². The zero-order chi connectivity index (χ0) is 26.6. The molecule has 1 heterocycles. The first-order chi connectivity index (χ1) is 17.7. The summed E-state index contributed by atoms with van der Waals surface area (Å²) in [5.74, 6) is -0.112. The summed E-state index contributed by atoms with van der Waals surface area (Å²) < 4.78 is 43.4. The number of piperidine rings is 1. The summed E-state index contributed by atoms with van der Waals surface area (Å²) in [6.07, 6.45) is 1.48. The Bertz CT molecular complexity index is 1100. The fourth-order valence-electron chi connectivity index (χ4n) is 5.55. The lowest BCUT2D eigenvalue weighted by molar-refractivity contribution is -0.137. The number of halogens is 4. The van der Waals surface area contributed by atoms with Crippen LogP contribution in [0.25, 0.3) is 0 Å². The van der Waals surface area contributed by atoms with Crippen LogP contribution in [-0.4, -0.2) is 38.1 Å². The van der Waals surface area contributed by atoms with Crippen LogP contribution < -0.4 is 10.2 Å². The quantitative estimate of drug-likeness (QED) is 0.423. The van der Waals surface area contributed by atoms with Crippen LogP contribution in [0.2, 0.25) is 5.02 Å². The minimum absolute atomic E-state index is 0.0574. The van der Waals surface area contributed by atoms with Gasteiger partial charge in [-0.2, -0.15) is 13.2 Å². The van der Waals surface area contributed by atoms with Gasteiger partial charge in [-0.1, -0.05) is 18.0 Å². The number of alkyl halides is 3. The molecule has 0 aromatic heterocycles. The molecule has 4 rings (SSSR count). The summed E-state index contributed by atoms with van der Waals surface area (Å²) in [5.41, 5.74) is 1.46. The Kier molecular flexibility index (Phi) is 8.67. The van der Waals surface area contributed by atoms with Gasteiger partial charge in [0.2, 0.25) is 5.91 Å². The molecule has 1 saturated heterocycles.